The van der Waals surface area contributed by atoms with Gasteiger partial charge in [0.1, 0.15) is 11.9 Å². The quantitative estimate of drug-likeness (QED) is 0.477. The molecule has 1 saturated heterocycles. The minimum absolute atomic E-state index is 0.0845. The van der Waals surface area contributed by atoms with Crippen molar-refractivity contribution in [3.8, 4) is 5.75 Å². The SMILES string of the molecule is CC(=O)N(N)C(=O)c1ccc(N2CC(Oc3cccc(C(F)(F)F)c3)C2)nn1. The third-order valence-corrected chi connectivity index (χ3v) is 4.06. The molecular weight excluding hydrogens is 379 g/mol. The summed E-state index contributed by atoms with van der Waals surface area (Å²) in [5, 5.41) is 8.10. The van der Waals surface area contributed by atoms with E-state index in [0.717, 1.165) is 19.1 Å². The van der Waals surface area contributed by atoms with Gasteiger partial charge in [-0.2, -0.15) is 13.2 Å². The van der Waals surface area contributed by atoms with Crippen molar-refractivity contribution in [1.82, 2.24) is 15.2 Å². The number of ether oxygens (including phenoxy) is 1. The third-order valence-electron chi connectivity index (χ3n) is 4.06. The van der Waals surface area contributed by atoms with Crippen LogP contribution in [0.1, 0.15) is 23.0 Å². The standard InChI is InChI=1S/C17H16F3N5O3/c1-10(26)25(21)16(27)14-5-6-15(23-22-14)24-8-13(9-24)28-12-4-2-3-11(7-12)17(18,19)20/h2-7,13H,8-9,21H2,1H3. The molecule has 0 saturated carbocycles. The van der Waals surface area contributed by atoms with E-state index in [0.29, 0.717) is 23.9 Å². The molecule has 0 atom stereocenters. The average Bonchev–Trinajstić information content (AvgIpc) is 2.63. The first kappa shape index (κ1) is 19.5. The molecule has 1 aliphatic heterocycles. The van der Waals surface area contributed by atoms with Gasteiger partial charge in [0.15, 0.2) is 11.5 Å². The number of hydrogen-bond donors (Lipinski definition) is 1. The lowest BCUT2D eigenvalue weighted by molar-refractivity contribution is -0.137. The number of halogens is 3. The number of nitrogens with zero attached hydrogens (tertiary/aromatic N) is 4. The first-order chi connectivity index (χ1) is 13.1. The van der Waals surface area contributed by atoms with Gasteiger partial charge in [0.2, 0.25) is 5.91 Å². The maximum Gasteiger partial charge on any atom is 0.416 e. The Morgan fingerprint density at radius 3 is 2.50 bits per heavy atom. The van der Waals surface area contributed by atoms with Crippen LogP contribution in [-0.4, -0.2) is 46.2 Å². The van der Waals surface area contributed by atoms with Crippen LogP contribution < -0.4 is 15.5 Å². The number of rotatable bonds is 4. The Bertz CT molecular complexity index is 882. The van der Waals surface area contributed by atoms with Crippen LogP contribution in [0.2, 0.25) is 0 Å². The average molecular weight is 395 g/mol. The summed E-state index contributed by atoms with van der Waals surface area (Å²) in [4.78, 5) is 24.7. The molecule has 8 nitrogen and oxygen atoms in total. The van der Waals surface area contributed by atoms with Gasteiger partial charge in [-0.05, 0) is 30.3 Å². The highest BCUT2D eigenvalue weighted by atomic mass is 19.4. The van der Waals surface area contributed by atoms with Gasteiger partial charge in [-0.3, -0.25) is 9.59 Å². The maximum atomic E-state index is 12.7. The molecule has 1 aromatic heterocycles. The van der Waals surface area contributed by atoms with E-state index in [1.165, 1.54) is 24.3 Å². The second-order valence-electron chi connectivity index (χ2n) is 6.14. The molecule has 0 bridgehead atoms. The van der Waals surface area contributed by atoms with Gasteiger partial charge in [0.05, 0.1) is 18.7 Å². The van der Waals surface area contributed by atoms with E-state index in [1.54, 1.807) is 4.90 Å². The van der Waals surface area contributed by atoms with E-state index < -0.39 is 23.6 Å². The van der Waals surface area contributed by atoms with Gasteiger partial charge in [0, 0.05) is 6.92 Å². The molecule has 0 radical (unpaired) electrons. The number of carbonyl (C=O) groups is 2. The number of nitrogens with two attached hydrogens (primary N) is 1. The Balaban J connectivity index is 1.57. The van der Waals surface area contributed by atoms with E-state index in [-0.39, 0.29) is 17.5 Å². The van der Waals surface area contributed by atoms with Crippen molar-refractivity contribution in [2.75, 3.05) is 18.0 Å². The van der Waals surface area contributed by atoms with E-state index in [2.05, 4.69) is 10.2 Å². The fourth-order valence-electron chi connectivity index (χ4n) is 2.51. The van der Waals surface area contributed by atoms with Crippen molar-refractivity contribution in [2.24, 2.45) is 5.84 Å². The van der Waals surface area contributed by atoms with E-state index in [1.807, 2.05) is 0 Å². The molecule has 1 aliphatic rings. The van der Waals surface area contributed by atoms with Crippen LogP contribution in [0.25, 0.3) is 0 Å². The zero-order chi connectivity index (χ0) is 20.5. The normalized spacial score (nSPS) is 14.4. The molecule has 2 amide bonds. The molecular formula is C17H16F3N5O3. The second-order valence-corrected chi connectivity index (χ2v) is 6.14. The van der Waals surface area contributed by atoms with Crippen LogP contribution in [-0.2, 0) is 11.0 Å². The van der Waals surface area contributed by atoms with E-state index >= 15 is 0 Å². The maximum absolute atomic E-state index is 12.7. The van der Waals surface area contributed by atoms with Crippen LogP contribution in [0.3, 0.4) is 0 Å². The van der Waals surface area contributed by atoms with Crippen LogP contribution >= 0.6 is 0 Å². The Morgan fingerprint density at radius 2 is 1.93 bits per heavy atom. The van der Waals surface area contributed by atoms with E-state index in [9.17, 15) is 22.8 Å². The van der Waals surface area contributed by atoms with Crippen molar-refractivity contribution in [1.29, 1.82) is 0 Å². The highest BCUT2D eigenvalue weighted by Crippen LogP contribution is 2.32. The number of anilines is 1. The van der Waals surface area contributed by atoms with Crippen molar-refractivity contribution in [2.45, 2.75) is 19.2 Å². The Hall–Kier alpha value is -3.21. The molecule has 2 aromatic rings. The molecule has 0 spiro atoms. The lowest BCUT2D eigenvalue weighted by atomic mass is 10.1. The summed E-state index contributed by atoms with van der Waals surface area (Å²) in [5.74, 6) is 4.52. The number of aromatic nitrogens is 2. The summed E-state index contributed by atoms with van der Waals surface area (Å²) in [5.41, 5.74) is -0.856. The molecule has 0 aliphatic carbocycles. The lowest BCUT2D eigenvalue weighted by Gasteiger charge is -2.39. The third kappa shape index (κ3) is 4.19. The van der Waals surface area contributed by atoms with Crippen LogP contribution in [0, 0.1) is 0 Å². The number of hydrazine groups is 1. The molecule has 1 fully saturated rings. The molecule has 28 heavy (non-hydrogen) atoms. The number of hydrogen-bond acceptors (Lipinski definition) is 7. The van der Waals surface area contributed by atoms with Gasteiger partial charge >= 0.3 is 6.18 Å². The van der Waals surface area contributed by atoms with Gasteiger partial charge in [-0.15, -0.1) is 10.2 Å². The minimum Gasteiger partial charge on any atom is -0.487 e. The molecule has 11 heteroatoms. The fourth-order valence-corrected chi connectivity index (χ4v) is 2.51. The Labute approximate surface area is 157 Å². The van der Waals surface area contributed by atoms with Crippen LogP contribution in [0.4, 0.5) is 19.0 Å². The number of imide groups is 1. The lowest BCUT2D eigenvalue weighted by Crippen LogP contribution is -2.54. The van der Waals surface area contributed by atoms with Crippen molar-refractivity contribution < 1.29 is 27.5 Å². The number of carbonyl (C=O) groups excluding carboxylic acids is 2. The minimum atomic E-state index is -4.43. The second kappa shape index (κ2) is 7.43. The topological polar surface area (TPSA) is 102 Å². The highest BCUT2D eigenvalue weighted by molar-refractivity contribution is 6.02. The molecule has 0 unspecified atom stereocenters. The molecule has 2 N–H and O–H groups in total. The molecule has 1 aromatic carbocycles. The summed E-state index contributed by atoms with van der Waals surface area (Å²) in [6.45, 7) is 1.94. The van der Waals surface area contributed by atoms with Gasteiger partial charge < -0.3 is 9.64 Å². The first-order valence-electron chi connectivity index (χ1n) is 8.17. The summed E-state index contributed by atoms with van der Waals surface area (Å²) < 4.78 is 43.8. The smallest absolute Gasteiger partial charge is 0.416 e. The van der Waals surface area contributed by atoms with Gasteiger partial charge in [-0.25, -0.2) is 10.9 Å². The largest absolute Gasteiger partial charge is 0.487 e. The fraction of sp³-hybridized carbons (Fsp3) is 0.294. The first-order valence-corrected chi connectivity index (χ1v) is 8.17. The highest BCUT2D eigenvalue weighted by Gasteiger charge is 2.33. The summed E-state index contributed by atoms with van der Waals surface area (Å²) >= 11 is 0. The Morgan fingerprint density at radius 1 is 1.21 bits per heavy atom. The molecule has 148 valence electrons. The Kier molecular flexibility index (Phi) is 5.18. The number of benzene rings is 1. The van der Waals surface area contributed by atoms with Crippen molar-refractivity contribution in [3.63, 3.8) is 0 Å². The molecule has 2 heterocycles. The zero-order valence-electron chi connectivity index (χ0n) is 14.7. The predicted molar refractivity (Wildman–Crippen MR) is 91.1 cm³/mol. The predicted octanol–water partition coefficient (Wildman–Crippen LogP) is 1.63. The summed E-state index contributed by atoms with van der Waals surface area (Å²) in [6.07, 6.45) is -4.73. The number of amides is 2. The van der Waals surface area contributed by atoms with Gasteiger partial charge in [-0.1, -0.05) is 6.07 Å². The van der Waals surface area contributed by atoms with Crippen molar-refractivity contribution >= 4 is 17.6 Å². The molecule has 3 rings (SSSR count). The van der Waals surface area contributed by atoms with Crippen molar-refractivity contribution in [3.05, 3.63) is 47.7 Å². The monoisotopic (exact) mass is 395 g/mol. The van der Waals surface area contributed by atoms with Crippen LogP contribution in [0.15, 0.2) is 36.4 Å². The summed E-state index contributed by atoms with van der Waals surface area (Å²) in [6, 6.07) is 7.61. The zero-order valence-corrected chi connectivity index (χ0v) is 14.7. The van der Waals surface area contributed by atoms with Crippen LogP contribution in [0.5, 0.6) is 5.75 Å². The van der Waals surface area contributed by atoms with E-state index in [4.69, 9.17) is 10.6 Å². The number of alkyl halides is 3. The van der Waals surface area contributed by atoms with Gasteiger partial charge in [0.25, 0.3) is 5.91 Å². The summed E-state index contributed by atoms with van der Waals surface area (Å²) in [7, 11) is 0.